The third kappa shape index (κ3) is 4.39. The second-order valence-corrected chi connectivity index (χ2v) is 6.66. The van der Waals surface area contributed by atoms with Gasteiger partial charge in [0.2, 0.25) is 0 Å². The van der Waals surface area contributed by atoms with Crippen molar-refractivity contribution in [3.05, 3.63) is 62.5 Å². The van der Waals surface area contributed by atoms with Crippen LogP contribution in [0.3, 0.4) is 0 Å². The van der Waals surface area contributed by atoms with Crippen molar-refractivity contribution in [2.24, 2.45) is 0 Å². The molecule has 0 amide bonds. The number of allylic oxidation sites excluding steroid dienone is 2. The van der Waals surface area contributed by atoms with E-state index in [9.17, 15) is 19.7 Å². The maximum atomic E-state index is 12.8. The molecule has 0 saturated heterocycles. The number of non-ortho nitro benzene ring substituents is 1. The number of rotatable bonds is 6. The number of hydrogen-bond donors (Lipinski definition) is 1. The van der Waals surface area contributed by atoms with Crippen LogP contribution in [0.4, 0.5) is 5.69 Å². The summed E-state index contributed by atoms with van der Waals surface area (Å²) in [7, 11) is 0. The topological polar surface area (TPSA) is 108 Å². The fourth-order valence-electron chi connectivity index (χ4n) is 3.14. The Hall–Kier alpha value is -3.16. The van der Waals surface area contributed by atoms with Crippen LogP contribution in [0.2, 0.25) is 0 Å². The van der Waals surface area contributed by atoms with Crippen molar-refractivity contribution >= 4 is 17.6 Å². The number of nitrogens with one attached hydrogen (secondary N) is 1. The molecule has 150 valence electrons. The number of nitro groups is 1. The Balaban J connectivity index is 2.62. The van der Waals surface area contributed by atoms with E-state index in [-0.39, 0.29) is 29.5 Å². The number of dihydropyridines is 1. The van der Waals surface area contributed by atoms with Gasteiger partial charge in [-0.2, -0.15) is 0 Å². The van der Waals surface area contributed by atoms with Gasteiger partial charge in [-0.05, 0) is 40.2 Å². The fourth-order valence-corrected chi connectivity index (χ4v) is 3.14. The highest BCUT2D eigenvalue weighted by molar-refractivity contribution is 5.99. The molecule has 0 fully saturated rings. The van der Waals surface area contributed by atoms with Gasteiger partial charge in [-0.25, -0.2) is 9.59 Å². The summed E-state index contributed by atoms with van der Waals surface area (Å²) in [5.74, 6) is -1.87. The van der Waals surface area contributed by atoms with Crippen LogP contribution in [-0.4, -0.2) is 29.6 Å². The third-order valence-corrected chi connectivity index (χ3v) is 4.26. The summed E-state index contributed by atoms with van der Waals surface area (Å²) < 4.78 is 10.6. The average Bonchev–Trinajstić information content (AvgIpc) is 2.60. The predicted octanol–water partition coefficient (Wildman–Crippen LogP) is 3.34. The molecule has 0 aromatic heterocycles. The monoisotopic (exact) mass is 388 g/mol. The molecular weight excluding hydrogens is 364 g/mol. The number of carbonyl (C=O) groups is 2. The standard InChI is InChI=1S/C20H24N2O6/c1-6-27-19(23)16-12(4)21-13(5)17(20(24)28-11(2)3)18(16)14-7-9-15(10-8-14)22(25)26/h7-11,18,21H,6H2,1-5H3/t18-/m1/s1. The Morgan fingerprint density at radius 2 is 1.64 bits per heavy atom. The molecule has 0 saturated carbocycles. The summed E-state index contributed by atoms with van der Waals surface area (Å²) in [5, 5.41) is 14.0. The summed E-state index contributed by atoms with van der Waals surface area (Å²) in [4.78, 5) is 35.9. The van der Waals surface area contributed by atoms with Crippen LogP contribution in [0.15, 0.2) is 46.8 Å². The largest absolute Gasteiger partial charge is 0.463 e. The molecule has 1 atom stereocenters. The zero-order valence-electron chi connectivity index (χ0n) is 16.6. The molecule has 2 rings (SSSR count). The Bertz CT molecular complexity index is 852. The van der Waals surface area contributed by atoms with E-state index in [1.54, 1.807) is 34.6 Å². The molecule has 1 heterocycles. The molecule has 1 aliphatic heterocycles. The highest BCUT2D eigenvalue weighted by Gasteiger charge is 2.38. The molecule has 1 aromatic rings. The maximum absolute atomic E-state index is 12.8. The average molecular weight is 388 g/mol. The number of nitro benzene ring substituents is 1. The first-order valence-electron chi connectivity index (χ1n) is 8.98. The van der Waals surface area contributed by atoms with Gasteiger partial charge in [0.1, 0.15) is 0 Å². The van der Waals surface area contributed by atoms with Crippen LogP contribution in [0.1, 0.15) is 46.1 Å². The van der Waals surface area contributed by atoms with Gasteiger partial charge in [0.15, 0.2) is 0 Å². The molecule has 28 heavy (non-hydrogen) atoms. The molecule has 0 radical (unpaired) electrons. The van der Waals surface area contributed by atoms with Gasteiger partial charge in [0.05, 0.1) is 34.7 Å². The van der Waals surface area contributed by atoms with Gasteiger partial charge < -0.3 is 14.8 Å². The first-order valence-corrected chi connectivity index (χ1v) is 8.98. The normalized spacial score (nSPS) is 16.7. The molecule has 1 aromatic carbocycles. The van der Waals surface area contributed by atoms with Crippen LogP contribution in [0.25, 0.3) is 0 Å². The number of carbonyl (C=O) groups excluding carboxylic acids is 2. The maximum Gasteiger partial charge on any atom is 0.337 e. The van der Waals surface area contributed by atoms with Crippen LogP contribution in [0.5, 0.6) is 0 Å². The lowest BCUT2D eigenvalue weighted by Gasteiger charge is -2.30. The van der Waals surface area contributed by atoms with Crippen molar-refractivity contribution in [3.63, 3.8) is 0 Å². The smallest absolute Gasteiger partial charge is 0.337 e. The third-order valence-electron chi connectivity index (χ3n) is 4.26. The van der Waals surface area contributed by atoms with Gasteiger partial charge in [-0.1, -0.05) is 12.1 Å². The summed E-state index contributed by atoms with van der Waals surface area (Å²) in [6.45, 7) is 8.78. The van der Waals surface area contributed by atoms with Crippen molar-refractivity contribution < 1.29 is 24.0 Å². The van der Waals surface area contributed by atoms with Gasteiger partial charge in [0.25, 0.3) is 5.69 Å². The van der Waals surface area contributed by atoms with Crippen molar-refractivity contribution in [2.45, 2.75) is 46.6 Å². The van der Waals surface area contributed by atoms with Crippen molar-refractivity contribution in [2.75, 3.05) is 6.61 Å². The van der Waals surface area contributed by atoms with E-state index >= 15 is 0 Å². The molecule has 8 heteroatoms. The molecule has 0 aliphatic carbocycles. The van der Waals surface area contributed by atoms with Gasteiger partial charge in [0, 0.05) is 23.5 Å². The number of hydrogen-bond acceptors (Lipinski definition) is 7. The summed E-state index contributed by atoms with van der Waals surface area (Å²) in [6.07, 6.45) is -0.344. The van der Waals surface area contributed by atoms with Gasteiger partial charge >= 0.3 is 11.9 Å². The van der Waals surface area contributed by atoms with Crippen molar-refractivity contribution in [1.29, 1.82) is 0 Å². The van der Waals surface area contributed by atoms with Crippen molar-refractivity contribution in [1.82, 2.24) is 5.32 Å². The second kappa shape index (κ2) is 8.69. The second-order valence-electron chi connectivity index (χ2n) is 6.66. The Kier molecular flexibility index (Phi) is 6.56. The lowest BCUT2D eigenvalue weighted by molar-refractivity contribution is -0.384. The van der Waals surface area contributed by atoms with E-state index < -0.39 is 22.8 Å². The number of benzene rings is 1. The highest BCUT2D eigenvalue weighted by atomic mass is 16.6. The van der Waals surface area contributed by atoms with E-state index in [4.69, 9.17) is 9.47 Å². The highest BCUT2D eigenvalue weighted by Crippen LogP contribution is 2.39. The fraction of sp³-hybridized carbons (Fsp3) is 0.400. The summed E-state index contributed by atoms with van der Waals surface area (Å²) in [5.41, 5.74) is 2.14. The zero-order valence-corrected chi connectivity index (χ0v) is 16.6. The Labute approximate surface area is 163 Å². The molecular formula is C20H24N2O6. The van der Waals surface area contributed by atoms with E-state index in [1.165, 1.54) is 24.3 Å². The van der Waals surface area contributed by atoms with Crippen LogP contribution in [0, 0.1) is 10.1 Å². The Morgan fingerprint density at radius 1 is 1.11 bits per heavy atom. The van der Waals surface area contributed by atoms with Crippen LogP contribution in [-0.2, 0) is 19.1 Å². The molecule has 1 aliphatic rings. The number of ether oxygens (including phenoxy) is 2. The number of esters is 2. The quantitative estimate of drug-likeness (QED) is 0.452. The minimum Gasteiger partial charge on any atom is -0.463 e. The minimum absolute atomic E-state index is 0.0805. The molecule has 0 unspecified atom stereocenters. The van der Waals surface area contributed by atoms with E-state index in [0.717, 1.165) is 0 Å². The SMILES string of the molecule is CCOC(=O)C1=C(C)NC(C)=C(C(=O)OC(C)C)[C@@H]1c1ccc([N+](=O)[O-])cc1. The summed E-state index contributed by atoms with van der Waals surface area (Å²) >= 11 is 0. The molecule has 0 spiro atoms. The predicted molar refractivity (Wildman–Crippen MR) is 102 cm³/mol. The van der Waals surface area contributed by atoms with Crippen molar-refractivity contribution in [3.8, 4) is 0 Å². The van der Waals surface area contributed by atoms with Gasteiger partial charge in [-0.15, -0.1) is 0 Å². The molecule has 8 nitrogen and oxygen atoms in total. The molecule has 0 bridgehead atoms. The van der Waals surface area contributed by atoms with E-state index in [1.807, 2.05) is 0 Å². The zero-order chi connectivity index (χ0) is 21.0. The Morgan fingerprint density at radius 3 is 2.11 bits per heavy atom. The summed E-state index contributed by atoms with van der Waals surface area (Å²) in [6, 6.07) is 5.76. The number of nitrogens with zero attached hydrogens (tertiary/aromatic N) is 1. The lowest BCUT2D eigenvalue weighted by Crippen LogP contribution is -2.33. The first kappa shape index (κ1) is 21.1. The van der Waals surface area contributed by atoms with Gasteiger partial charge in [-0.3, -0.25) is 10.1 Å². The van der Waals surface area contributed by atoms with Crippen LogP contribution < -0.4 is 5.32 Å². The lowest BCUT2D eigenvalue weighted by atomic mass is 9.80. The minimum atomic E-state index is -0.757. The molecule has 1 N–H and O–H groups in total. The first-order chi connectivity index (χ1) is 13.2. The van der Waals surface area contributed by atoms with E-state index in [2.05, 4.69) is 5.32 Å². The van der Waals surface area contributed by atoms with E-state index in [0.29, 0.717) is 17.0 Å². The van der Waals surface area contributed by atoms with Crippen LogP contribution >= 0.6 is 0 Å².